The molecule has 0 nitrogen and oxygen atoms in total. The predicted octanol–water partition coefficient (Wildman–Crippen LogP) is 10.5. The zero-order valence-electron chi connectivity index (χ0n) is 23.1. The number of hydrogen-bond acceptors (Lipinski definition) is 0. The van der Waals surface area contributed by atoms with Crippen LogP contribution >= 0.6 is 0 Å². The van der Waals surface area contributed by atoms with Crippen LogP contribution in [0.5, 0.6) is 0 Å². The number of aryl methyl sites for hydroxylation is 2. The van der Waals surface area contributed by atoms with Crippen LogP contribution in [0.15, 0.2) is 60.7 Å². The average molecular weight is 493 g/mol. The third-order valence-electron chi connectivity index (χ3n) is 10.6. The van der Waals surface area contributed by atoms with Gasteiger partial charge in [-0.15, -0.1) is 0 Å². The Morgan fingerprint density at radius 1 is 0.944 bits per heavy atom. The van der Waals surface area contributed by atoms with Gasteiger partial charge in [0.25, 0.3) is 0 Å². The maximum absolute atomic E-state index is 2.66. The maximum Gasteiger partial charge on any atom is 0.0578 e. The second kappa shape index (κ2) is 9.32. The Balaban J connectivity index is 1.50. The predicted molar refractivity (Wildman–Crippen MR) is 161 cm³/mol. The van der Waals surface area contributed by atoms with E-state index in [1.54, 1.807) is 23.7 Å². The highest BCUT2D eigenvalue weighted by molar-refractivity contribution is 6.82. The summed E-state index contributed by atoms with van der Waals surface area (Å²) in [4.78, 5) is 0. The van der Waals surface area contributed by atoms with Gasteiger partial charge in [-0.05, 0) is 87.7 Å². The van der Waals surface area contributed by atoms with Crippen LogP contribution in [0.25, 0.3) is 27.1 Å². The summed E-state index contributed by atoms with van der Waals surface area (Å²) in [6.45, 7) is 12.2. The largest absolute Gasteiger partial charge is 0.0808 e. The first-order valence-electron chi connectivity index (χ1n) is 14.7. The fourth-order valence-corrected chi connectivity index (χ4v) is 16.7. The van der Waals surface area contributed by atoms with Crippen molar-refractivity contribution in [3.8, 4) is 0 Å². The Kier molecular flexibility index (Phi) is 6.27. The van der Waals surface area contributed by atoms with Crippen molar-refractivity contribution in [2.45, 2.75) is 84.0 Å². The van der Waals surface area contributed by atoms with Gasteiger partial charge in [-0.1, -0.05) is 124 Å². The van der Waals surface area contributed by atoms with Crippen LogP contribution in [-0.4, -0.2) is 8.07 Å². The molecule has 0 radical (unpaired) electrons. The Labute approximate surface area is 219 Å². The van der Waals surface area contributed by atoms with E-state index in [9.17, 15) is 0 Å². The zero-order chi connectivity index (χ0) is 25.0. The summed E-state index contributed by atoms with van der Waals surface area (Å²) < 4.78 is 0. The lowest BCUT2D eigenvalue weighted by atomic mass is 9.77. The molecule has 1 saturated heterocycles. The van der Waals surface area contributed by atoms with Crippen molar-refractivity contribution in [1.82, 2.24) is 0 Å². The lowest BCUT2D eigenvalue weighted by Gasteiger charge is -2.42. The molecule has 0 N–H and O–H groups in total. The second-order valence-electron chi connectivity index (χ2n) is 12.8. The van der Waals surface area contributed by atoms with Gasteiger partial charge in [0, 0.05) is 0 Å². The lowest BCUT2D eigenvalue weighted by Crippen LogP contribution is -2.42. The number of benzene rings is 3. The second-order valence-corrected chi connectivity index (χ2v) is 17.6. The number of hydrogen-bond donors (Lipinski definition) is 0. The van der Waals surface area contributed by atoms with Gasteiger partial charge in [-0.2, -0.15) is 0 Å². The van der Waals surface area contributed by atoms with E-state index in [0.717, 1.165) is 23.3 Å². The Morgan fingerprint density at radius 2 is 1.67 bits per heavy atom. The van der Waals surface area contributed by atoms with Gasteiger partial charge < -0.3 is 0 Å². The first-order chi connectivity index (χ1) is 17.4. The molecule has 0 amide bonds. The fourth-order valence-electron chi connectivity index (χ4n) is 9.03. The van der Waals surface area contributed by atoms with Crippen LogP contribution in [0.2, 0.25) is 23.7 Å². The molecule has 5 atom stereocenters. The molecule has 3 aromatic rings. The topological polar surface area (TPSA) is 0 Å². The quantitative estimate of drug-likeness (QED) is 0.245. The summed E-state index contributed by atoms with van der Waals surface area (Å²) in [5.41, 5.74) is 6.92. The minimum Gasteiger partial charge on any atom is -0.0808 e. The van der Waals surface area contributed by atoms with Gasteiger partial charge in [0.1, 0.15) is 0 Å². The number of allylic oxidation sites excluding steroid dienone is 4. The first kappa shape index (κ1) is 24.2. The first-order valence-corrected chi connectivity index (χ1v) is 17.4. The monoisotopic (exact) mass is 492 g/mol. The number of fused-ring (bicyclic) bond motifs is 3. The molecule has 2 aliphatic carbocycles. The van der Waals surface area contributed by atoms with Crippen molar-refractivity contribution in [3.05, 3.63) is 77.4 Å². The summed E-state index contributed by atoms with van der Waals surface area (Å²) in [7, 11) is -1.29. The molecule has 36 heavy (non-hydrogen) atoms. The van der Waals surface area contributed by atoms with Crippen LogP contribution < -0.4 is 0 Å². The minimum absolute atomic E-state index is 0.673. The highest BCUT2D eigenvalue weighted by Gasteiger charge is 2.54. The van der Waals surface area contributed by atoms with Crippen LogP contribution in [0, 0.1) is 37.5 Å². The highest BCUT2D eigenvalue weighted by atomic mass is 28.3. The standard InChI is InChI=1S/C35H44Si/c1-6-23(2)22-36(18-9-10-19-36)35-25(4)21-32-30(14-11-15-31(32)35)34-29-13-8-7-12-27(29)26(5)28-17-16-24(3)20-33(28)34/h7-8,11-17,20,23,25,31-32,35H,6,9-10,18-19,21-22H2,1-5H3. The Morgan fingerprint density at radius 3 is 2.42 bits per heavy atom. The van der Waals surface area contributed by atoms with Gasteiger partial charge in [0.2, 0.25) is 0 Å². The third-order valence-corrected chi connectivity index (χ3v) is 17.2. The molecule has 2 fully saturated rings. The molecule has 5 unspecified atom stereocenters. The molecular formula is C35H44Si. The van der Waals surface area contributed by atoms with Crippen molar-refractivity contribution in [3.63, 3.8) is 0 Å². The van der Waals surface area contributed by atoms with Crippen LogP contribution in [0.3, 0.4) is 0 Å². The molecule has 1 aliphatic heterocycles. The van der Waals surface area contributed by atoms with Crippen molar-refractivity contribution in [1.29, 1.82) is 0 Å². The van der Waals surface area contributed by atoms with Crippen molar-refractivity contribution in [2.75, 3.05) is 0 Å². The fraction of sp³-hybridized carbons (Fsp3) is 0.486. The third kappa shape index (κ3) is 3.76. The van der Waals surface area contributed by atoms with Gasteiger partial charge in [0.15, 0.2) is 0 Å². The molecule has 6 rings (SSSR count). The summed E-state index contributed by atoms with van der Waals surface area (Å²) in [5.74, 6) is 3.17. The number of rotatable bonds is 5. The summed E-state index contributed by atoms with van der Waals surface area (Å²) in [6, 6.07) is 21.1. The highest BCUT2D eigenvalue weighted by Crippen LogP contribution is 2.62. The van der Waals surface area contributed by atoms with E-state index in [-0.39, 0.29) is 0 Å². The van der Waals surface area contributed by atoms with Crippen LogP contribution in [0.4, 0.5) is 0 Å². The van der Waals surface area contributed by atoms with Crippen molar-refractivity contribution < 1.29 is 0 Å². The van der Waals surface area contributed by atoms with Crippen molar-refractivity contribution >= 4 is 35.2 Å². The van der Waals surface area contributed by atoms with Crippen molar-refractivity contribution in [2.24, 2.45) is 23.7 Å². The van der Waals surface area contributed by atoms with Gasteiger partial charge >= 0.3 is 0 Å². The normalized spacial score (nSPS) is 28.0. The van der Waals surface area contributed by atoms with E-state index in [0.29, 0.717) is 5.92 Å². The summed E-state index contributed by atoms with van der Waals surface area (Å²) >= 11 is 0. The summed E-state index contributed by atoms with van der Waals surface area (Å²) in [5, 5.41) is 5.78. The summed E-state index contributed by atoms with van der Waals surface area (Å²) in [6.07, 6.45) is 13.4. The Hall–Kier alpha value is -2.12. The molecule has 1 heteroatoms. The van der Waals surface area contributed by atoms with Gasteiger partial charge in [-0.3, -0.25) is 0 Å². The van der Waals surface area contributed by atoms with E-state index in [2.05, 4.69) is 95.3 Å². The van der Waals surface area contributed by atoms with E-state index in [4.69, 9.17) is 0 Å². The van der Waals surface area contributed by atoms with E-state index in [1.165, 1.54) is 63.9 Å². The maximum atomic E-state index is 2.66. The van der Waals surface area contributed by atoms with E-state index < -0.39 is 8.07 Å². The molecule has 1 heterocycles. The van der Waals surface area contributed by atoms with Crippen LogP contribution in [-0.2, 0) is 0 Å². The molecule has 3 aromatic carbocycles. The zero-order valence-corrected chi connectivity index (χ0v) is 24.1. The molecular weight excluding hydrogens is 448 g/mol. The molecule has 0 aromatic heterocycles. The SMILES string of the molecule is CCC(C)C[Si]1(C2C(C)CC3C(c4c5ccccc5c(C)c5ccc(C)cc45)=CC=CC32)CCCC1. The lowest BCUT2D eigenvalue weighted by molar-refractivity contribution is 0.529. The molecule has 3 aliphatic rings. The minimum atomic E-state index is -1.29. The van der Waals surface area contributed by atoms with Crippen LogP contribution in [0.1, 0.15) is 63.1 Å². The average Bonchev–Trinajstić information content (AvgIpc) is 3.48. The Bertz CT molecular complexity index is 1350. The van der Waals surface area contributed by atoms with Gasteiger partial charge in [0.05, 0.1) is 8.07 Å². The smallest absolute Gasteiger partial charge is 0.0578 e. The van der Waals surface area contributed by atoms with E-state index >= 15 is 0 Å². The molecule has 0 spiro atoms. The molecule has 1 saturated carbocycles. The van der Waals surface area contributed by atoms with E-state index in [1.807, 2.05) is 0 Å². The molecule has 0 bridgehead atoms. The molecule has 188 valence electrons. The van der Waals surface area contributed by atoms with Gasteiger partial charge in [-0.25, -0.2) is 0 Å².